The number of ether oxygens (including phenoxy) is 2. The summed E-state index contributed by atoms with van der Waals surface area (Å²) in [7, 11) is 1.45. The Bertz CT molecular complexity index is 1350. The number of nitrogens with zero attached hydrogens (tertiary/aromatic N) is 2. The third-order valence-corrected chi connectivity index (χ3v) is 7.13. The summed E-state index contributed by atoms with van der Waals surface area (Å²) in [5.41, 5.74) is 0.782. The van der Waals surface area contributed by atoms with Crippen LogP contribution in [0.3, 0.4) is 0 Å². The molecule has 0 amide bonds. The molecule has 1 aliphatic rings. The summed E-state index contributed by atoms with van der Waals surface area (Å²) in [4.78, 5) is 10.5. The molecule has 0 spiro atoms. The maximum Gasteiger partial charge on any atom is 0.416 e. The van der Waals surface area contributed by atoms with Gasteiger partial charge in [0.1, 0.15) is 24.7 Å². The third-order valence-electron chi connectivity index (χ3n) is 5.53. The van der Waals surface area contributed by atoms with Gasteiger partial charge in [-0.15, -0.1) is 11.3 Å². The first-order valence-corrected chi connectivity index (χ1v) is 12.6. The van der Waals surface area contributed by atoms with Crippen LogP contribution in [0.1, 0.15) is 23.7 Å². The summed E-state index contributed by atoms with van der Waals surface area (Å²) >= 11 is 2.92. The number of hydrogen-bond donors (Lipinski definition) is 1. The topological polar surface area (TPSA) is 56.5 Å². The number of thiazole rings is 1. The Morgan fingerprint density at radius 3 is 2.83 bits per heavy atom. The quantitative estimate of drug-likeness (QED) is 0.226. The Labute approximate surface area is 213 Å². The number of anilines is 1. The van der Waals surface area contributed by atoms with Crippen molar-refractivity contribution in [1.82, 2.24) is 4.98 Å². The lowest BCUT2D eigenvalue weighted by atomic mass is 10.0. The molecule has 0 radical (unpaired) electrons. The molecule has 36 heavy (non-hydrogen) atoms. The standard InChI is InChI=1S/C25H21F3N3O3S2/c1-32-31-11-3-2-4-20(31)19-14-16(25(26,27)28)5-8-21(19)34-22-9-12-33-23-15-17(6-7-18(22)23)36-30-24-29-10-13-35-24/h2-8,10-11,13-15,22H,9,12H2,1H3,(H,29,30)/q+1. The maximum absolute atomic E-state index is 13.5. The molecule has 0 fully saturated rings. The van der Waals surface area contributed by atoms with Gasteiger partial charge >= 0.3 is 6.18 Å². The summed E-state index contributed by atoms with van der Waals surface area (Å²) in [6, 6.07) is 14.4. The number of halogens is 3. The number of alkyl halides is 3. The van der Waals surface area contributed by atoms with Gasteiger partial charge in [-0.1, -0.05) is 6.07 Å². The lowest BCUT2D eigenvalue weighted by Gasteiger charge is -2.27. The van der Waals surface area contributed by atoms with Crippen LogP contribution in [0, 0.1) is 0 Å². The number of benzene rings is 2. The van der Waals surface area contributed by atoms with Gasteiger partial charge in [-0.3, -0.25) is 4.84 Å². The molecular formula is C25H21F3N3O3S2+. The molecule has 5 rings (SSSR count). The molecule has 4 aromatic rings. The van der Waals surface area contributed by atoms with Gasteiger partial charge < -0.3 is 14.2 Å². The predicted molar refractivity (Wildman–Crippen MR) is 131 cm³/mol. The van der Waals surface area contributed by atoms with Crippen molar-refractivity contribution in [1.29, 1.82) is 0 Å². The van der Waals surface area contributed by atoms with Crippen molar-refractivity contribution in [3.63, 3.8) is 0 Å². The van der Waals surface area contributed by atoms with Crippen LogP contribution in [0.4, 0.5) is 18.3 Å². The second-order valence-corrected chi connectivity index (χ2v) is 9.56. The number of hydrogen-bond acceptors (Lipinski definition) is 7. The molecule has 2 aromatic heterocycles. The van der Waals surface area contributed by atoms with Gasteiger partial charge in [0, 0.05) is 45.3 Å². The highest BCUT2D eigenvalue weighted by molar-refractivity contribution is 8.00. The van der Waals surface area contributed by atoms with E-state index in [1.165, 1.54) is 41.2 Å². The Morgan fingerprint density at radius 1 is 1.17 bits per heavy atom. The molecule has 186 valence electrons. The van der Waals surface area contributed by atoms with Gasteiger partial charge in [-0.05, 0) is 48.3 Å². The highest BCUT2D eigenvalue weighted by atomic mass is 32.2. The number of fused-ring (bicyclic) bond motifs is 1. The first kappa shape index (κ1) is 24.3. The third kappa shape index (κ3) is 5.21. The minimum atomic E-state index is -4.49. The molecule has 0 bridgehead atoms. The predicted octanol–water partition coefficient (Wildman–Crippen LogP) is 6.20. The largest absolute Gasteiger partial charge is 0.493 e. The van der Waals surface area contributed by atoms with E-state index >= 15 is 0 Å². The van der Waals surface area contributed by atoms with Crippen molar-refractivity contribution in [2.75, 3.05) is 18.4 Å². The molecule has 0 saturated carbocycles. The van der Waals surface area contributed by atoms with E-state index in [-0.39, 0.29) is 5.56 Å². The van der Waals surface area contributed by atoms with E-state index in [2.05, 4.69) is 9.71 Å². The number of rotatable bonds is 7. The number of nitrogens with one attached hydrogen (secondary N) is 1. The second kappa shape index (κ2) is 10.3. The van der Waals surface area contributed by atoms with Gasteiger partial charge in [0.25, 0.3) is 5.69 Å². The summed E-state index contributed by atoms with van der Waals surface area (Å²) in [5, 5.41) is 2.68. The van der Waals surface area contributed by atoms with E-state index in [4.69, 9.17) is 14.3 Å². The van der Waals surface area contributed by atoms with E-state index < -0.39 is 17.8 Å². The van der Waals surface area contributed by atoms with E-state index in [0.29, 0.717) is 30.2 Å². The van der Waals surface area contributed by atoms with Crippen molar-refractivity contribution in [3.8, 4) is 22.8 Å². The van der Waals surface area contributed by atoms with Crippen LogP contribution < -0.4 is 23.8 Å². The summed E-state index contributed by atoms with van der Waals surface area (Å²) in [6.07, 6.45) is -0.982. The average Bonchev–Trinajstić information content (AvgIpc) is 3.41. The second-order valence-electron chi connectivity index (χ2n) is 7.79. The minimum absolute atomic E-state index is 0.278. The van der Waals surface area contributed by atoms with Crippen molar-refractivity contribution in [2.24, 2.45) is 0 Å². The Balaban J connectivity index is 1.45. The van der Waals surface area contributed by atoms with Gasteiger partial charge in [-0.2, -0.15) is 13.2 Å². The van der Waals surface area contributed by atoms with Crippen LogP contribution in [-0.4, -0.2) is 18.7 Å². The molecule has 1 aliphatic heterocycles. The molecule has 2 aromatic carbocycles. The summed E-state index contributed by atoms with van der Waals surface area (Å²) < 4.78 is 57.4. The zero-order valence-electron chi connectivity index (χ0n) is 19.0. The summed E-state index contributed by atoms with van der Waals surface area (Å²) in [6.45, 7) is 0.422. The highest BCUT2D eigenvalue weighted by Crippen LogP contribution is 2.42. The van der Waals surface area contributed by atoms with Crippen molar-refractivity contribution < 1.29 is 32.2 Å². The molecule has 1 atom stereocenters. The normalized spacial score (nSPS) is 15.1. The van der Waals surface area contributed by atoms with Crippen LogP contribution >= 0.6 is 23.3 Å². The highest BCUT2D eigenvalue weighted by Gasteiger charge is 2.34. The van der Waals surface area contributed by atoms with E-state index in [1.807, 2.05) is 23.6 Å². The maximum atomic E-state index is 13.5. The lowest BCUT2D eigenvalue weighted by molar-refractivity contribution is -0.876. The Kier molecular flexibility index (Phi) is 6.92. The molecular weight excluding hydrogens is 511 g/mol. The molecule has 1 N–H and O–H groups in total. The SMILES string of the molecule is CO[n+]1ccccc1-c1cc(C(F)(F)F)ccc1OC1CCOc2cc(SNc3nccs3)ccc21. The smallest absolute Gasteiger partial charge is 0.416 e. The Morgan fingerprint density at radius 2 is 2.06 bits per heavy atom. The number of aromatic nitrogens is 2. The van der Waals surface area contributed by atoms with Crippen LogP contribution in [0.5, 0.6) is 11.5 Å². The van der Waals surface area contributed by atoms with Crippen molar-refractivity contribution in [2.45, 2.75) is 23.6 Å². The molecule has 6 nitrogen and oxygen atoms in total. The molecule has 11 heteroatoms. The lowest BCUT2D eigenvalue weighted by Crippen LogP contribution is -2.42. The molecule has 3 heterocycles. The fourth-order valence-electron chi connectivity index (χ4n) is 3.86. The minimum Gasteiger partial charge on any atom is -0.493 e. The molecule has 1 unspecified atom stereocenters. The van der Waals surface area contributed by atoms with Gasteiger partial charge in [0.15, 0.2) is 5.13 Å². The zero-order valence-corrected chi connectivity index (χ0v) is 20.6. The van der Waals surface area contributed by atoms with Crippen molar-refractivity contribution in [3.05, 3.63) is 83.5 Å². The first-order valence-electron chi connectivity index (χ1n) is 10.9. The van der Waals surface area contributed by atoms with Crippen molar-refractivity contribution >= 4 is 28.4 Å². The van der Waals surface area contributed by atoms with Gasteiger partial charge in [0.2, 0.25) is 6.20 Å². The fourth-order valence-corrected chi connectivity index (χ4v) is 5.11. The fraction of sp³-hybridized carbons (Fsp3) is 0.200. The van der Waals surface area contributed by atoms with Crippen LogP contribution in [0.2, 0.25) is 0 Å². The van der Waals surface area contributed by atoms with Crippen LogP contribution in [0.25, 0.3) is 11.3 Å². The van der Waals surface area contributed by atoms with Crippen LogP contribution in [-0.2, 0) is 6.18 Å². The van der Waals surface area contributed by atoms with E-state index in [0.717, 1.165) is 27.7 Å². The average molecular weight is 533 g/mol. The Hall–Kier alpha value is -3.44. The molecule has 0 aliphatic carbocycles. The van der Waals surface area contributed by atoms with E-state index in [9.17, 15) is 13.2 Å². The number of pyridine rings is 1. The monoisotopic (exact) mass is 532 g/mol. The van der Waals surface area contributed by atoms with Crippen LogP contribution in [0.15, 0.2) is 77.3 Å². The van der Waals surface area contributed by atoms with Gasteiger partial charge in [0.05, 0.1) is 17.7 Å². The van der Waals surface area contributed by atoms with E-state index in [1.54, 1.807) is 30.6 Å². The van der Waals surface area contributed by atoms with Gasteiger partial charge in [-0.25, -0.2) is 4.98 Å². The first-order chi connectivity index (χ1) is 17.4. The molecule has 0 saturated heterocycles. The zero-order chi connectivity index (χ0) is 25.1. The summed E-state index contributed by atoms with van der Waals surface area (Å²) in [5.74, 6) is 0.999.